The molecule has 2 atom stereocenters. The number of rotatable bonds is 2. The zero-order valence-electron chi connectivity index (χ0n) is 7.97. The van der Waals surface area contributed by atoms with Crippen molar-refractivity contribution >= 4 is 5.97 Å². The van der Waals surface area contributed by atoms with Gasteiger partial charge in [-0.05, 0) is 18.9 Å². The van der Waals surface area contributed by atoms with Gasteiger partial charge in [-0.15, -0.1) is 0 Å². The van der Waals surface area contributed by atoms with E-state index >= 15 is 0 Å². The third-order valence-corrected chi connectivity index (χ3v) is 2.91. The molecule has 0 aliphatic heterocycles. The molecule has 1 aromatic rings. The number of hydrogen-bond acceptors (Lipinski definition) is 2. The molecule has 0 spiro atoms. The summed E-state index contributed by atoms with van der Waals surface area (Å²) in [5.41, 5.74) is 0. The van der Waals surface area contributed by atoms with Crippen LogP contribution >= 0.6 is 0 Å². The van der Waals surface area contributed by atoms with Gasteiger partial charge in [0.05, 0.1) is 12.0 Å². The van der Waals surface area contributed by atoms with Crippen molar-refractivity contribution in [2.75, 3.05) is 0 Å². The first-order valence-corrected chi connectivity index (χ1v) is 5.01. The molecule has 1 saturated carbocycles. The van der Waals surface area contributed by atoms with E-state index in [-0.39, 0.29) is 12.0 Å². The van der Waals surface area contributed by atoms with E-state index in [1.54, 1.807) is 10.9 Å². The highest BCUT2D eigenvalue weighted by Crippen LogP contribution is 2.33. The van der Waals surface area contributed by atoms with Gasteiger partial charge in [-0.3, -0.25) is 9.48 Å². The Labute approximate surface area is 82.5 Å². The Hall–Kier alpha value is -1.32. The van der Waals surface area contributed by atoms with Crippen molar-refractivity contribution in [2.24, 2.45) is 5.92 Å². The smallest absolute Gasteiger partial charge is 0.308 e. The summed E-state index contributed by atoms with van der Waals surface area (Å²) in [6.07, 6.45) is 7.39. The lowest BCUT2D eigenvalue weighted by molar-refractivity contribution is -0.144. The van der Waals surface area contributed by atoms with Crippen molar-refractivity contribution in [1.29, 1.82) is 0 Å². The van der Waals surface area contributed by atoms with E-state index in [1.165, 1.54) is 0 Å². The molecular weight excluding hydrogens is 180 g/mol. The fourth-order valence-electron chi connectivity index (χ4n) is 2.19. The van der Waals surface area contributed by atoms with Gasteiger partial charge in [0, 0.05) is 12.4 Å². The molecule has 0 bridgehead atoms. The summed E-state index contributed by atoms with van der Waals surface area (Å²) in [6, 6.07) is 1.89. The van der Waals surface area contributed by atoms with Gasteiger partial charge < -0.3 is 5.11 Å². The molecule has 1 aliphatic rings. The maximum Gasteiger partial charge on any atom is 0.308 e. The third-order valence-electron chi connectivity index (χ3n) is 2.91. The van der Waals surface area contributed by atoms with Gasteiger partial charge >= 0.3 is 5.97 Å². The van der Waals surface area contributed by atoms with Crippen molar-refractivity contribution < 1.29 is 9.90 Å². The highest BCUT2D eigenvalue weighted by molar-refractivity contribution is 5.70. The molecule has 4 heteroatoms. The van der Waals surface area contributed by atoms with E-state index in [4.69, 9.17) is 5.11 Å². The SMILES string of the molecule is O=C(O)[C@@H]1CCCC[C@@H]1n1cccn1. The van der Waals surface area contributed by atoms with Crippen LogP contribution in [0.25, 0.3) is 0 Å². The van der Waals surface area contributed by atoms with Crippen molar-refractivity contribution in [3.05, 3.63) is 18.5 Å². The standard InChI is InChI=1S/C10H14N2O2/c13-10(14)8-4-1-2-5-9(8)12-7-3-6-11-12/h3,6-9H,1-2,4-5H2,(H,13,14)/t8-,9+/m1/s1. The number of carboxylic acid groups (broad SMARTS) is 1. The van der Waals surface area contributed by atoms with Crippen LogP contribution in [0.5, 0.6) is 0 Å². The maximum atomic E-state index is 11.0. The van der Waals surface area contributed by atoms with Gasteiger partial charge in [-0.1, -0.05) is 12.8 Å². The van der Waals surface area contributed by atoms with Crippen LogP contribution in [0.15, 0.2) is 18.5 Å². The lowest BCUT2D eigenvalue weighted by atomic mass is 9.85. The summed E-state index contributed by atoms with van der Waals surface area (Å²) in [5, 5.41) is 13.2. The Bertz CT molecular complexity index is 308. The number of nitrogens with zero attached hydrogens (tertiary/aromatic N) is 2. The molecule has 2 rings (SSSR count). The molecular formula is C10H14N2O2. The molecule has 14 heavy (non-hydrogen) atoms. The van der Waals surface area contributed by atoms with E-state index < -0.39 is 5.97 Å². The molecule has 1 heterocycles. The quantitative estimate of drug-likeness (QED) is 0.779. The summed E-state index contributed by atoms with van der Waals surface area (Å²) >= 11 is 0. The lowest BCUT2D eigenvalue weighted by Gasteiger charge is -2.28. The van der Waals surface area contributed by atoms with E-state index in [0.29, 0.717) is 0 Å². The fourth-order valence-corrected chi connectivity index (χ4v) is 2.19. The number of carbonyl (C=O) groups is 1. The summed E-state index contributed by atoms with van der Waals surface area (Å²) < 4.78 is 1.79. The number of aromatic nitrogens is 2. The van der Waals surface area contributed by atoms with Gasteiger partial charge in [-0.25, -0.2) is 0 Å². The Morgan fingerprint density at radius 2 is 2.21 bits per heavy atom. The fraction of sp³-hybridized carbons (Fsp3) is 0.600. The van der Waals surface area contributed by atoms with Crippen LogP contribution in [0.1, 0.15) is 31.7 Å². The molecule has 1 aliphatic carbocycles. The second kappa shape index (κ2) is 3.82. The molecule has 0 radical (unpaired) electrons. The topological polar surface area (TPSA) is 55.1 Å². The Balaban J connectivity index is 2.18. The highest BCUT2D eigenvalue weighted by atomic mass is 16.4. The van der Waals surface area contributed by atoms with Gasteiger partial charge in [0.2, 0.25) is 0 Å². The van der Waals surface area contributed by atoms with Crippen molar-refractivity contribution in [3.63, 3.8) is 0 Å². The average molecular weight is 194 g/mol. The van der Waals surface area contributed by atoms with Crippen molar-refractivity contribution in [2.45, 2.75) is 31.7 Å². The van der Waals surface area contributed by atoms with E-state index in [9.17, 15) is 4.79 Å². The molecule has 0 amide bonds. The third kappa shape index (κ3) is 1.64. The molecule has 1 N–H and O–H groups in total. The molecule has 0 aromatic carbocycles. The first-order chi connectivity index (χ1) is 6.79. The van der Waals surface area contributed by atoms with Crippen molar-refractivity contribution in [3.8, 4) is 0 Å². The summed E-state index contributed by atoms with van der Waals surface area (Å²) in [4.78, 5) is 11.0. The molecule has 76 valence electrons. The van der Waals surface area contributed by atoms with Crippen LogP contribution in [0.2, 0.25) is 0 Å². The molecule has 1 fully saturated rings. The van der Waals surface area contributed by atoms with Crippen LogP contribution in [0.4, 0.5) is 0 Å². The number of aliphatic carboxylic acids is 1. The molecule has 0 unspecified atom stereocenters. The average Bonchev–Trinajstić information content (AvgIpc) is 2.70. The zero-order chi connectivity index (χ0) is 9.97. The second-order valence-electron chi connectivity index (χ2n) is 3.78. The lowest BCUT2D eigenvalue weighted by Crippen LogP contribution is -2.29. The zero-order valence-corrected chi connectivity index (χ0v) is 7.97. The van der Waals surface area contributed by atoms with Crippen LogP contribution < -0.4 is 0 Å². The van der Waals surface area contributed by atoms with E-state index in [2.05, 4.69) is 5.10 Å². The van der Waals surface area contributed by atoms with Crippen LogP contribution in [-0.4, -0.2) is 20.9 Å². The Kier molecular flexibility index (Phi) is 2.52. The normalized spacial score (nSPS) is 27.4. The minimum atomic E-state index is -0.690. The van der Waals surface area contributed by atoms with Gasteiger partial charge in [0.25, 0.3) is 0 Å². The number of hydrogen-bond donors (Lipinski definition) is 1. The maximum absolute atomic E-state index is 11.0. The largest absolute Gasteiger partial charge is 0.481 e. The van der Waals surface area contributed by atoms with Crippen molar-refractivity contribution in [1.82, 2.24) is 9.78 Å². The number of carboxylic acids is 1. The van der Waals surface area contributed by atoms with E-state index in [0.717, 1.165) is 25.7 Å². The molecule has 4 nitrogen and oxygen atoms in total. The Morgan fingerprint density at radius 3 is 2.86 bits per heavy atom. The Morgan fingerprint density at radius 1 is 1.43 bits per heavy atom. The van der Waals surface area contributed by atoms with Crippen LogP contribution in [0.3, 0.4) is 0 Å². The first-order valence-electron chi connectivity index (χ1n) is 5.01. The minimum absolute atomic E-state index is 0.0521. The predicted molar refractivity (Wildman–Crippen MR) is 50.9 cm³/mol. The predicted octanol–water partition coefficient (Wildman–Crippen LogP) is 1.70. The van der Waals surface area contributed by atoms with Gasteiger partial charge in [0.15, 0.2) is 0 Å². The minimum Gasteiger partial charge on any atom is -0.481 e. The summed E-state index contributed by atoms with van der Waals surface area (Å²) in [5.74, 6) is -0.950. The monoisotopic (exact) mass is 194 g/mol. The molecule has 1 aromatic heterocycles. The second-order valence-corrected chi connectivity index (χ2v) is 3.78. The van der Waals surface area contributed by atoms with Crippen LogP contribution in [-0.2, 0) is 4.79 Å². The van der Waals surface area contributed by atoms with Crippen LogP contribution in [0, 0.1) is 5.92 Å². The molecule has 0 saturated heterocycles. The van der Waals surface area contributed by atoms with Gasteiger partial charge in [-0.2, -0.15) is 5.10 Å². The van der Waals surface area contributed by atoms with E-state index in [1.807, 2.05) is 12.3 Å². The first kappa shape index (κ1) is 9.24. The van der Waals surface area contributed by atoms with Gasteiger partial charge in [0.1, 0.15) is 0 Å². The highest BCUT2D eigenvalue weighted by Gasteiger charge is 2.32. The summed E-state index contributed by atoms with van der Waals surface area (Å²) in [7, 11) is 0. The summed E-state index contributed by atoms with van der Waals surface area (Å²) in [6.45, 7) is 0.